The number of rotatable bonds is 6. The smallest absolute Gasteiger partial charge is 0.239 e. The molecule has 0 saturated heterocycles. The molecule has 1 amide bonds. The van der Waals surface area contributed by atoms with Crippen LogP contribution in [-0.4, -0.2) is 18.5 Å². The Bertz CT molecular complexity index is 386. The fraction of sp³-hybridized carbons (Fsp3) is 0.462. The Kier molecular flexibility index (Phi) is 5.55. The van der Waals surface area contributed by atoms with Crippen LogP contribution in [-0.2, 0) is 4.79 Å². The summed E-state index contributed by atoms with van der Waals surface area (Å²) >= 11 is 0. The van der Waals surface area contributed by atoms with Gasteiger partial charge in [0.25, 0.3) is 0 Å². The minimum absolute atomic E-state index is 0.000602. The summed E-state index contributed by atoms with van der Waals surface area (Å²) in [6.45, 7) is 3.98. The van der Waals surface area contributed by atoms with E-state index in [1.54, 1.807) is 0 Å². The first-order chi connectivity index (χ1) is 8.55. The number of nitrogens with one attached hydrogen (secondary N) is 2. The standard InChI is InChI=1S/C13H18F2N2O/c1-3-11(4-2)17-13(18)8-16-12-6-9(14)5-10(15)7-12/h5-7,11,16H,3-4,8H2,1-2H3,(H,17,18). The van der Waals surface area contributed by atoms with Crippen LogP contribution in [0, 0.1) is 11.6 Å². The van der Waals surface area contributed by atoms with Crippen molar-refractivity contribution in [3.8, 4) is 0 Å². The molecule has 0 aromatic heterocycles. The average molecular weight is 256 g/mol. The van der Waals surface area contributed by atoms with Gasteiger partial charge in [-0.25, -0.2) is 8.78 Å². The number of amides is 1. The molecule has 0 saturated carbocycles. The molecule has 100 valence electrons. The topological polar surface area (TPSA) is 41.1 Å². The second-order valence-corrected chi connectivity index (χ2v) is 4.09. The predicted molar refractivity (Wildman–Crippen MR) is 67.4 cm³/mol. The van der Waals surface area contributed by atoms with Crippen LogP contribution < -0.4 is 10.6 Å². The fourth-order valence-corrected chi connectivity index (χ4v) is 1.61. The Labute approximate surface area is 106 Å². The predicted octanol–water partition coefficient (Wildman–Crippen LogP) is 2.68. The lowest BCUT2D eigenvalue weighted by atomic mass is 10.2. The van der Waals surface area contributed by atoms with Gasteiger partial charge in [0.05, 0.1) is 6.54 Å². The fourth-order valence-electron chi connectivity index (χ4n) is 1.61. The minimum atomic E-state index is -0.669. The van der Waals surface area contributed by atoms with Crippen molar-refractivity contribution in [3.63, 3.8) is 0 Å². The quantitative estimate of drug-likeness (QED) is 0.821. The van der Waals surface area contributed by atoms with Crippen LogP contribution in [0.4, 0.5) is 14.5 Å². The van der Waals surface area contributed by atoms with E-state index in [1.807, 2.05) is 13.8 Å². The Morgan fingerprint density at radius 1 is 1.17 bits per heavy atom. The van der Waals surface area contributed by atoms with E-state index in [1.165, 1.54) is 0 Å². The summed E-state index contributed by atoms with van der Waals surface area (Å²) in [6.07, 6.45) is 1.72. The molecule has 0 unspecified atom stereocenters. The van der Waals surface area contributed by atoms with E-state index in [4.69, 9.17) is 0 Å². The highest BCUT2D eigenvalue weighted by atomic mass is 19.1. The Balaban J connectivity index is 2.47. The second-order valence-electron chi connectivity index (χ2n) is 4.09. The molecule has 0 heterocycles. The lowest BCUT2D eigenvalue weighted by Crippen LogP contribution is -2.37. The molecule has 0 spiro atoms. The summed E-state index contributed by atoms with van der Waals surface area (Å²) in [6, 6.07) is 3.22. The molecule has 0 aliphatic heterocycles. The number of halogens is 2. The SMILES string of the molecule is CCC(CC)NC(=O)CNc1cc(F)cc(F)c1. The van der Waals surface area contributed by atoms with Crippen LogP contribution in [0.1, 0.15) is 26.7 Å². The van der Waals surface area contributed by atoms with Crippen LogP contribution in [0.25, 0.3) is 0 Å². The number of hydrogen-bond donors (Lipinski definition) is 2. The van der Waals surface area contributed by atoms with E-state index >= 15 is 0 Å². The molecule has 1 aromatic rings. The van der Waals surface area contributed by atoms with Gasteiger partial charge >= 0.3 is 0 Å². The van der Waals surface area contributed by atoms with Gasteiger partial charge in [0, 0.05) is 17.8 Å². The molecule has 3 nitrogen and oxygen atoms in total. The molecular weight excluding hydrogens is 238 g/mol. The summed E-state index contributed by atoms with van der Waals surface area (Å²) in [5.41, 5.74) is 0.257. The van der Waals surface area contributed by atoms with Crippen LogP contribution in [0.15, 0.2) is 18.2 Å². The van der Waals surface area contributed by atoms with Crippen molar-refractivity contribution in [2.45, 2.75) is 32.7 Å². The van der Waals surface area contributed by atoms with Crippen molar-refractivity contribution in [3.05, 3.63) is 29.8 Å². The van der Waals surface area contributed by atoms with Gasteiger partial charge in [0.1, 0.15) is 11.6 Å². The largest absolute Gasteiger partial charge is 0.376 e. The number of carbonyl (C=O) groups excluding carboxylic acids is 1. The van der Waals surface area contributed by atoms with Crippen molar-refractivity contribution < 1.29 is 13.6 Å². The first-order valence-electron chi connectivity index (χ1n) is 6.04. The van der Waals surface area contributed by atoms with Gasteiger partial charge < -0.3 is 10.6 Å². The van der Waals surface area contributed by atoms with Crippen LogP contribution >= 0.6 is 0 Å². The number of hydrogen-bond acceptors (Lipinski definition) is 2. The van der Waals surface area contributed by atoms with Gasteiger partial charge in [-0.3, -0.25) is 4.79 Å². The van der Waals surface area contributed by atoms with E-state index in [0.717, 1.165) is 31.0 Å². The Morgan fingerprint density at radius 3 is 2.22 bits per heavy atom. The highest BCUT2D eigenvalue weighted by Gasteiger charge is 2.08. The van der Waals surface area contributed by atoms with Crippen molar-refractivity contribution >= 4 is 11.6 Å². The molecule has 1 aromatic carbocycles. The number of anilines is 1. The molecule has 0 bridgehead atoms. The minimum Gasteiger partial charge on any atom is -0.376 e. The molecule has 1 rings (SSSR count). The van der Waals surface area contributed by atoms with Crippen LogP contribution in [0.3, 0.4) is 0 Å². The first-order valence-corrected chi connectivity index (χ1v) is 6.04. The third-order valence-electron chi connectivity index (χ3n) is 2.67. The van der Waals surface area contributed by atoms with E-state index in [9.17, 15) is 13.6 Å². The van der Waals surface area contributed by atoms with Crippen molar-refractivity contribution in [1.29, 1.82) is 0 Å². The van der Waals surface area contributed by atoms with Gasteiger partial charge in [0.2, 0.25) is 5.91 Å². The van der Waals surface area contributed by atoms with Gasteiger partial charge in [-0.2, -0.15) is 0 Å². The summed E-state index contributed by atoms with van der Waals surface area (Å²) in [5, 5.41) is 5.51. The number of carbonyl (C=O) groups is 1. The first kappa shape index (κ1) is 14.4. The van der Waals surface area contributed by atoms with E-state index < -0.39 is 11.6 Å². The van der Waals surface area contributed by atoms with Crippen LogP contribution in [0.5, 0.6) is 0 Å². The van der Waals surface area contributed by atoms with E-state index in [-0.39, 0.29) is 24.2 Å². The van der Waals surface area contributed by atoms with E-state index in [0.29, 0.717) is 0 Å². The Hall–Kier alpha value is -1.65. The van der Waals surface area contributed by atoms with Crippen molar-refractivity contribution in [2.75, 3.05) is 11.9 Å². The monoisotopic (exact) mass is 256 g/mol. The van der Waals surface area contributed by atoms with Crippen molar-refractivity contribution in [2.24, 2.45) is 0 Å². The maximum Gasteiger partial charge on any atom is 0.239 e. The molecule has 2 N–H and O–H groups in total. The zero-order chi connectivity index (χ0) is 13.5. The summed E-state index contributed by atoms with van der Waals surface area (Å²) in [4.78, 5) is 11.6. The molecule has 5 heteroatoms. The third-order valence-corrected chi connectivity index (χ3v) is 2.67. The molecule has 0 aliphatic carbocycles. The maximum atomic E-state index is 12.9. The van der Waals surface area contributed by atoms with Gasteiger partial charge in [0.15, 0.2) is 0 Å². The lowest BCUT2D eigenvalue weighted by molar-refractivity contribution is -0.120. The zero-order valence-corrected chi connectivity index (χ0v) is 10.6. The summed E-state index contributed by atoms with van der Waals surface area (Å²) in [5.74, 6) is -1.52. The molecule has 0 aliphatic rings. The molecule has 0 radical (unpaired) electrons. The highest BCUT2D eigenvalue weighted by Crippen LogP contribution is 2.12. The third kappa shape index (κ3) is 4.69. The Morgan fingerprint density at radius 2 is 1.72 bits per heavy atom. The summed E-state index contributed by atoms with van der Waals surface area (Å²) < 4.78 is 25.8. The molecule has 0 atom stereocenters. The van der Waals surface area contributed by atoms with E-state index in [2.05, 4.69) is 10.6 Å². The lowest BCUT2D eigenvalue weighted by Gasteiger charge is -2.15. The average Bonchev–Trinajstić information content (AvgIpc) is 2.32. The normalized spacial score (nSPS) is 10.5. The van der Waals surface area contributed by atoms with Gasteiger partial charge in [-0.15, -0.1) is 0 Å². The van der Waals surface area contributed by atoms with Crippen LogP contribution in [0.2, 0.25) is 0 Å². The van der Waals surface area contributed by atoms with Gasteiger partial charge in [-0.1, -0.05) is 13.8 Å². The number of benzene rings is 1. The second kappa shape index (κ2) is 6.93. The maximum absolute atomic E-state index is 12.9. The van der Waals surface area contributed by atoms with Gasteiger partial charge in [-0.05, 0) is 25.0 Å². The van der Waals surface area contributed by atoms with Crippen molar-refractivity contribution in [1.82, 2.24) is 5.32 Å². The zero-order valence-electron chi connectivity index (χ0n) is 10.6. The molecular formula is C13H18F2N2O. The molecule has 18 heavy (non-hydrogen) atoms. The summed E-state index contributed by atoms with van der Waals surface area (Å²) in [7, 11) is 0. The molecule has 0 fully saturated rings. The highest BCUT2D eigenvalue weighted by molar-refractivity contribution is 5.80.